The molecule has 8 nitrogen and oxygen atoms in total. The van der Waals surface area contributed by atoms with Crippen LogP contribution in [0.4, 0.5) is 15.8 Å². The molecule has 0 saturated carbocycles. The summed E-state index contributed by atoms with van der Waals surface area (Å²) in [4.78, 5) is 36.8. The summed E-state index contributed by atoms with van der Waals surface area (Å²) in [5.74, 6) is -1.40. The number of carbonyl (C=O) groups is 2. The summed E-state index contributed by atoms with van der Waals surface area (Å²) in [5, 5.41) is 14.0. The molecule has 1 aliphatic heterocycles. The number of benzene rings is 2. The number of carbonyl (C=O) groups excluding carboxylic acids is 2. The molecule has 0 bridgehead atoms. The highest BCUT2D eigenvalue weighted by Gasteiger charge is 2.37. The average molecular weight is 429 g/mol. The van der Waals surface area contributed by atoms with Gasteiger partial charge >= 0.3 is 5.69 Å². The number of nitro groups is 1. The van der Waals surface area contributed by atoms with Gasteiger partial charge in [0.1, 0.15) is 5.75 Å². The van der Waals surface area contributed by atoms with Crippen LogP contribution in [0, 0.1) is 27.8 Å². The minimum atomic E-state index is -0.978. The number of rotatable bonds is 7. The maximum atomic E-state index is 13.6. The van der Waals surface area contributed by atoms with Crippen molar-refractivity contribution < 1.29 is 23.6 Å². The topological polar surface area (TPSA) is 102 Å². The summed E-state index contributed by atoms with van der Waals surface area (Å²) in [7, 11) is 1.58. The Balaban J connectivity index is 1.74. The molecule has 164 valence electrons. The molecule has 2 atom stereocenters. The zero-order valence-electron chi connectivity index (χ0n) is 17.5. The summed E-state index contributed by atoms with van der Waals surface area (Å²) < 4.78 is 18.8. The minimum Gasteiger partial charge on any atom is -0.497 e. The molecule has 31 heavy (non-hydrogen) atoms. The smallest absolute Gasteiger partial charge is 0.306 e. The molecule has 2 aromatic rings. The largest absolute Gasteiger partial charge is 0.497 e. The Labute approximate surface area is 179 Å². The summed E-state index contributed by atoms with van der Waals surface area (Å²) in [6.45, 7) is 4.04. The molecule has 0 radical (unpaired) electrons. The Kier molecular flexibility index (Phi) is 6.53. The van der Waals surface area contributed by atoms with Crippen molar-refractivity contribution in [3.63, 3.8) is 0 Å². The van der Waals surface area contributed by atoms with E-state index in [1.165, 1.54) is 11.0 Å². The molecule has 1 heterocycles. The fraction of sp³-hybridized carbons (Fsp3) is 0.364. The van der Waals surface area contributed by atoms with Crippen LogP contribution in [-0.4, -0.2) is 30.4 Å². The summed E-state index contributed by atoms with van der Waals surface area (Å²) in [5.41, 5.74) is 0.404. The third-order valence-corrected chi connectivity index (χ3v) is 5.37. The number of nitro benzene ring substituents is 1. The molecule has 1 aliphatic rings. The van der Waals surface area contributed by atoms with Crippen molar-refractivity contribution in [1.82, 2.24) is 5.32 Å². The van der Waals surface area contributed by atoms with Crippen molar-refractivity contribution in [2.24, 2.45) is 11.8 Å². The van der Waals surface area contributed by atoms with Crippen LogP contribution in [0.5, 0.6) is 5.75 Å². The second-order valence-corrected chi connectivity index (χ2v) is 7.80. The fourth-order valence-corrected chi connectivity index (χ4v) is 3.66. The first kappa shape index (κ1) is 22.2. The van der Waals surface area contributed by atoms with Gasteiger partial charge in [0, 0.05) is 19.0 Å². The van der Waals surface area contributed by atoms with E-state index in [-0.39, 0.29) is 42.4 Å². The number of hydrogen-bond acceptors (Lipinski definition) is 5. The lowest BCUT2D eigenvalue weighted by Crippen LogP contribution is -2.37. The highest BCUT2D eigenvalue weighted by molar-refractivity contribution is 6.00. The first-order valence-corrected chi connectivity index (χ1v) is 9.90. The van der Waals surface area contributed by atoms with Crippen LogP contribution in [-0.2, 0) is 9.59 Å². The van der Waals surface area contributed by atoms with Gasteiger partial charge < -0.3 is 15.0 Å². The van der Waals surface area contributed by atoms with Gasteiger partial charge in [-0.25, -0.2) is 0 Å². The van der Waals surface area contributed by atoms with E-state index in [1.54, 1.807) is 7.11 Å². The third-order valence-electron chi connectivity index (χ3n) is 5.37. The van der Waals surface area contributed by atoms with Crippen molar-refractivity contribution in [2.45, 2.75) is 26.3 Å². The molecule has 2 unspecified atom stereocenters. The van der Waals surface area contributed by atoms with Gasteiger partial charge in [-0.05, 0) is 35.7 Å². The minimum absolute atomic E-state index is 0.0234. The van der Waals surface area contributed by atoms with Gasteiger partial charge in [-0.3, -0.25) is 19.7 Å². The molecule has 1 fully saturated rings. The van der Waals surface area contributed by atoms with E-state index in [9.17, 15) is 24.1 Å². The van der Waals surface area contributed by atoms with Crippen LogP contribution in [0.2, 0.25) is 0 Å². The van der Waals surface area contributed by atoms with Gasteiger partial charge in [0.25, 0.3) is 0 Å². The number of methoxy groups -OCH3 is 1. The average Bonchev–Trinajstić information content (AvgIpc) is 3.13. The summed E-state index contributed by atoms with van der Waals surface area (Å²) in [6.07, 6.45) is -0.0234. The van der Waals surface area contributed by atoms with Crippen LogP contribution in [0.1, 0.15) is 31.9 Å². The molecule has 1 saturated heterocycles. The predicted molar refractivity (Wildman–Crippen MR) is 112 cm³/mol. The van der Waals surface area contributed by atoms with Gasteiger partial charge in [-0.15, -0.1) is 0 Å². The van der Waals surface area contributed by atoms with E-state index in [4.69, 9.17) is 4.74 Å². The first-order valence-electron chi connectivity index (χ1n) is 9.90. The third kappa shape index (κ3) is 4.82. The molecule has 3 rings (SSSR count). The van der Waals surface area contributed by atoms with Crippen molar-refractivity contribution in [1.29, 1.82) is 0 Å². The molecule has 0 spiro atoms. The SMILES string of the molecule is COc1ccc(C(NC(=O)C2CC(=O)N(c3ccc(F)c([N+](=O)[O-])c3)C2)C(C)C)cc1. The van der Waals surface area contributed by atoms with Crippen molar-refractivity contribution in [3.8, 4) is 5.75 Å². The van der Waals surface area contributed by atoms with Gasteiger partial charge in [0.15, 0.2) is 0 Å². The van der Waals surface area contributed by atoms with Crippen LogP contribution in [0.15, 0.2) is 42.5 Å². The summed E-state index contributed by atoms with van der Waals surface area (Å²) >= 11 is 0. The maximum absolute atomic E-state index is 13.6. The van der Waals surface area contributed by atoms with Crippen LogP contribution < -0.4 is 15.0 Å². The molecule has 2 aromatic carbocycles. The normalized spacial score (nSPS) is 17.0. The number of ether oxygens (including phenoxy) is 1. The number of anilines is 1. The standard InChI is InChI=1S/C22H24FN3O5/c1-13(2)21(14-4-7-17(31-3)8-5-14)24-22(28)15-10-20(27)25(12-15)16-6-9-18(23)19(11-16)26(29)30/h4-9,11,13,15,21H,10,12H2,1-3H3,(H,24,28). The van der Waals surface area contributed by atoms with Gasteiger partial charge in [-0.1, -0.05) is 26.0 Å². The zero-order chi connectivity index (χ0) is 22.7. The van der Waals surface area contributed by atoms with Gasteiger partial charge in [0.05, 0.1) is 29.7 Å². The molecule has 9 heteroatoms. The van der Waals surface area contributed by atoms with E-state index in [1.807, 2.05) is 38.1 Å². The zero-order valence-corrected chi connectivity index (χ0v) is 17.5. The highest BCUT2D eigenvalue weighted by atomic mass is 19.1. The highest BCUT2D eigenvalue weighted by Crippen LogP contribution is 2.31. The van der Waals surface area contributed by atoms with Gasteiger partial charge in [0.2, 0.25) is 17.6 Å². The van der Waals surface area contributed by atoms with E-state index in [0.29, 0.717) is 5.75 Å². The lowest BCUT2D eigenvalue weighted by Gasteiger charge is -2.25. The van der Waals surface area contributed by atoms with Gasteiger partial charge in [-0.2, -0.15) is 4.39 Å². The number of nitrogens with one attached hydrogen (secondary N) is 1. The van der Waals surface area contributed by atoms with E-state index < -0.39 is 22.3 Å². The van der Waals surface area contributed by atoms with E-state index in [0.717, 1.165) is 17.7 Å². The summed E-state index contributed by atoms with van der Waals surface area (Å²) in [6, 6.07) is 10.4. The second kappa shape index (κ2) is 9.11. The fourth-order valence-electron chi connectivity index (χ4n) is 3.66. The molecule has 0 aliphatic carbocycles. The Bertz CT molecular complexity index is 993. The quantitative estimate of drug-likeness (QED) is 0.535. The lowest BCUT2D eigenvalue weighted by molar-refractivity contribution is -0.387. The number of amides is 2. The van der Waals surface area contributed by atoms with E-state index >= 15 is 0 Å². The van der Waals surface area contributed by atoms with Crippen molar-refractivity contribution in [3.05, 3.63) is 64.0 Å². The van der Waals surface area contributed by atoms with Crippen molar-refractivity contribution >= 4 is 23.2 Å². The van der Waals surface area contributed by atoms with Crippen LogP contribution in [0.3, 0.4) is 0 Å². The maximum Gasteiger partial charge on any atom is 0.306 e. The molecular formula is C22H24FN3O5. The molecule has 1 N–H and O–H groups in total. The van der Waals surface area contributed by atoms with E-state index in [2.05, 4.69) is 5.32 Å². The van der Waals surface area contributed by atoms with Crippen molar-refractivity contribution in [2.75, 3.05) is 18.6 Å². The molecular weight excluding hydrogens is 405 g/mol. The molecule has 2 amide bonds. The number of nitrogens with zero attached hydrogens (tertiary/aromatic N) is 2. The monoisotopic (exact) mass is 429 g/mol. The van der Waals surface area contributed by atoms with Crippen LogP contribution >= 0.6 is 0 Å². The first-order chi connectivity index (χ1) is 14.7. The Morgan fingerprint density at radius 3 is 2.52 bits per heavy atom. The molecule has 0 aromatic heterocycles. The predicted octanol–water partition coefficient (Wildman–Crippen LogP) is 3.61. The Morgan fingerprint density at radius 1 is 1.26 bits per heavy atom. The lowest BCUT2D eigenvalue weighted by atomic mass is 9.95. The Morgan fingerprint density at radius 2 is 1.94 bits per heavy atom. The van der Waals surface area contributed by atoms with Crippen LogP contribution in [0.25, 0.3) is 0 Å². The second-order valence-electron chi connectivity index (χ2n) is 7.80. The number of hydrogen-bond donors (Lipinski definition) is 1. The number of halogens is 1. The Hall–Kier alpha value is -3.49.